The van der Waals surface area contributed by atoms with Gasteiger partial charge < -0.3 is 14.9 Å². The summed E-state index contributed by atoms with van der Waals surface area (Å²) in [6, 6.07) is 3.00. The topological polar surface area (TPSA) is 86.9 Å². The smallest absolute Gasteiger partial charge is 0.323 e. The molecule has 1 aromatic carbocycles. The maximum absolute atomic E-state index is 13.3. The van der Waals surface area contributed by atoms with E-state index in [2.05, 4.69) is 0 Å². The molecule has 0 saturated heterocycles. The van der Waals surface area contributed by atoms with Crippen molar-refractivity contribution < 1.29 is 19.2 Å². The summed E-state index contributed by atoms with van der Waals surface area (Å²) in [7, 11) is 3.58. The van der Waals surface area contributed by atoms with Crippen LogP contribution in [0.2, 0.25) is 0 Å². The number of nitro benzene ring substituents is 1. The van der Waals surface area contributed by atoms with E-state index in [-0.39, 0.29) is 17.9 Å². The molecule has 8 heteroatoms. The van der Waals surface area contributed by atoms with Crippen LogP contribution in [0.25, 0.3) is 0 Å². The van der Waals surface area contributed by atoms with Crippen molar-refractivity contribution in [1.82, 2.24) is 4.90 Å². The maximum atomic E-state index is 13.3. The molecule has 1 rings (SSSR count). The molecule has 0 fully saturated rings. The Morgan fingerprint density at radius 1 is 1.40 bits per heavy atom. The van der Waals surface area contributed by atoms with E-state index in [1.807, 2.05) is 0 Å². The highest BCUT2D eigenvalue weighted by Gasteiger charge is 2.22. The van der Waals surface area contributed by atoms with Crippen molar-refractivity contribution in [3.05, 3.63) is 34.1 Å². The van der Waals surface area contributed by atoms with Crippen molar-refractivity contribution in [2.75, 3.05) is 38.6 Å². The standard InChI is InChI=1S/C12H16FN3O4/c1-14(2)5-6-15(8-12(17)18)11-7-9(13)3-4-10(11)16(19)20/h3-4,7H,5-6,8H2,1-2H3,(H,17,18). The van der Waals surface area contributed by atoms with Crippen molar-refractivity contribution in [2.24, 2.45) is 0 Å². The van der Waals surface area contributed by atoms with Crippen LogP contribution in [0.1, 0.15) is 0 Å². The summed E-state index contributed by atoms with van der Waals surface area (Å²) in [6.07, 6.45) is 0. The molecular formula is C12H16FN3O4. The van der Waals surface area contributed by atoms with Gasteiger partial charge in [0, 0.05) is 25.2 Å². The molecule has 0 aromatic heterocycles. The average molecular weight is 285 g/mol. The van der Waals surface area contributed by atoms with Gasteiger partial charge in [0.25, 0.3) is 5.69 Å². The van der Waals surface area contributed by atoms with Crippen molar-refractivity contribution in [2.45, 2.75) is 0 Å². The van der Waals surface area contributed by atoms with Crippen LogP contribution in [0.3, 0.4) is 0 Å². The van der Waals surface area contributed by atoms with Gasteiger partial charge in [0.05, 0.1) is 4.92 Å². The first-order chi connectivity index (χ1) is 9.31. The summed E-state index contributed by atoms with van der Waals surface area (Å²) in [6.45, 7) is 0.294. The van der Waals surface area contributed by atoms with Crippen LogP contribution in [-0.2, 0) is 4.79 Å². The normalized spacial score (nSPS) is 10.6. The zero-order valence-electron chi connectivity index (χ0n) is 11.2. The van der Waals surface area contributed by atoms with E-state index in [1.165, 1.54) is 4.90 Å². The number of nitro groups is 1. The van der Waals surface area contributed by atoms with Gasteiger partial charge >= 0.3 is 5.97 Å². The van der Waals surface area contributed by atoms with E-state index in [0.29, 0.717) is 6.54 Å². The summed E-state index contributed by atoms with van der Waals surface area (Å²) in [5.41, 5.74) is -0.342. The minimum Gasteiger partial charge on any atom is -0.480 e. The number of likely N-dealkylation sites (N-methyl/N-ethyl adjacent to an activating group) is 1. The number of anilines is 1. The molecular weight excluding hydrogens is 269 g/mol. The van der Waals surface area contributed by atoms with E-state index in [1.54, 1.807) is 19.0 Å². The van der Waals surface area contributed by atoms with E-state index in [9.17, 15) is 19.3 Å². The summed E-state index contributed by atoms with van der Waals surface area (Å²) in [4.78, 5) is 24.3. The summed E-state index contributed by atoms with van der Waals surface area (Å²) in [5, 5.41) is 19.9. The van der Waals surface area contributed by atoms with Gasteiger partial charge in [-0.25, -0.2) is 4.39 Å². The molecule has 0 aliphatic heterocycles. The molecule has 0 spiro atoms. The minimum absolute atomic E-state index is 0.0285. The SMILES string of the molecule is CN(C)CCN(CC(=O)O)c1cc(F)ccc1[N+](=O)[O-]. The number of aliphatic carboxylic acids is 1. The van der Waals surface area contributed by atoms with Gasteiger partial charge in [-0.1, -0.05) is 0 Å². The molecule has 0 unspecified atom stereocenters. The van der Waals surface area contributed by atoms with E-state index in [4.69, 9.17) is 5.11 Å². The van der Waals surface area contributed by atoms with Crippen molar-refractivity contribution in [1.29, 1.82) is 0 Å². The third kappa shape index (κ3) is 4.47. The lowest BCUT2D eigenvalue weighted by molar-refractivity contribution is -0.384. The van der Waals surface area contributed by atoms with Gasteiger partial charge in [-0.2, -0.15) is 0 Å². The van der Waals surface area contributed by atoms with Gasteiger partial charge in [0.15, 0.2) is 0 Å². The van der Waals surface area contributed by atoms with Gasteiger partial charge in [0.1, 0.15) is 18.0 Å². The van der Waals surface area contributed by atoms with Crippen LogP contribution >= 0.6 is 0 Å². The van der Waals surface area contributed by atoms with Crippen LogP contribution in [0.4, 0.5) is 15.8 Å². The third-order valence-electron chi connectivity index (χ3n) is 2.62. The fraction of sp³-hybridized carbons (Fsp3) is 0.417. The highest BCUT2D eigenvalue weighted by Crippen LogP contribution is 2.28. The Labute approximate surface area is 115 Å². The van der Waals surface area contributed by atoms with Gasteiger partial charge in [-0.3, -0.25) is 14.9 Å². The van der Waals surface area contributed by atoms with E-state index in [0.717, 1.165) is 18.2 Å². The first-order valence-corrected chi connectivity index (χ1v) is 5.86. The Morgan fingerprint density at radius 2 is 2.05 bits per heavy atom. The maximum Gasteiger partial charge on any atom is 0.323 e. The van der Waals surface area contributed by atoms with Crippen LogP contribution in [-0.4, -0.2) is 54.6 Å². The fourth-order valence-electron chi connectivity index (χ4n) is 1.67. The third-order valence-corrected chi connectivity index (χ3v) is 2.62. The summed E-state index contributed by atoms with van der Waals surface area (Å²) < 4.78 is 13.3. The van der Waals surface area contributed by atoms with E-state index < -0.39 is 23.3 Å². The van der Waals surface area contributed by atoms with Crippen molar-refractivity contribution >= 4 is 17.3 Å². The monoisotopic (exact) mass is 285 g/mol. The van der Waals surface area contributed by atoms with Crippen LogP contribution in [0, 0.1) is 15.9 Å². The van der Waals surface area contributed by atoms with E-state index >= 15 is 0 Å². The first-order valence-electron chi connectivity index (χ1n) is 5.86. The van der Waals surface area contributed by atoms with Crippen molar-refractivity contribution in [3.63, 3.8) is 0 Å². The predicted octanol–water partition coefficient (Wildman–Crippen LogP) is 1.19. The molecule has 0 radical (unpaired) electrons. The van der Waals surface area contributed by atoms with Crippen LogP contribution < -0.4 is 4.90 Å². The molecule has 0 aliphatic carbocycles. The molecule has 0 aliphatic rings. The number of benzene rings is 1. The zero-order chi connectivity index (χ0) is 15.3. The lowest BCUT2D eigenvalue weighted by Crippen LogP contribution is -2.36. The zero-order valence-corrected chi connectivity index (χ0v) is 11.2. The number of hydrogen-bond acceptors (Lipinski definition) is 5. The number of halogens is 1. The fourth-order valence-corrected chi connectivity index (χ4v) is 1.67. The summed E-state index contributed by atoms with van der Waals surface area (Å²) in [5.74, 6) is -1.78. The number of rotatable bonds is 7. The Hall–Kier alpha value is -2.22. The second-order valence-corrected chi connectivity index (χ2v) is 4.51. The number of hydrogen-bond donors (Lipinski definition) is 1. The second-order valence-electron chi connectivity index (χ2n) is 4.51. The molecule has 20 heavy (non-hydrogen) atoms. The quantitative estimate of drug-likeness (QED) is 0.598. The number of carboxylic acid groups (broad SMARTS) is 1. The Bertz CT molecular complexity index is 507. The lowest BCUT2D eigenvalue weighted by Gasteiger charge is -2.24. The molecule has 110 valence electrons. The summed E-state index contributed by atoms with van der Waals surface area (Å²) >= 11 is 0. The minimum atomic E-state index is -1.14. The highest BCUT2D eigenvalue weighted by atomic mass is 19.1. The Balaban J connectivity index is 3.13. The number of carboxylic acids is 1. The predicted molar refractivity (Wildman–Crippen MR) is 71.5 cm³/mol. The largest absolute Gasteiger partial charge is 0.480 e. The second kappa shape index (κ2) is 6.80. The van der Waals surface area contributed by atoms with Crippen molar-refractivity contribution in [3.8, 4) is 0 Å². The lowest BCUT2D eigenvalue weighted by atomic mass is 10.2. The number of carbonyl (C=O) groups is 1. The van der Waals surface area contributed by atoms with Crippen LogP contribution in [0.5, 0.6) is 0 Å². The molecule has 0 heterocycles. The van der Waals surface area contributed by atoms with Gasteiger partial charge in [-0.05, 0) is 20.2 Å². The molecule has 0 amide bonds. The molecule has 0 saturated carbocycles. The van der Waals surface area contributed by atoms with Crippen LogP contribution in [0.15, 0.2) is 18.2 Å². The highest BCUT2D eigenvalue weighted by molar-refractivity contribution is 5.76. The molecule has 1 aromatic rings. The Kier molecular flexibility index (Phi) is 5.39. The van der Waals surface area contributed by atoms with Gasteiger partial charge in [0.2, 0.25) is 0 Å². The molecule has 0 bridgehead atoms. The average Bonchev–Trinajstić information content (AvgIpc) is 2.33. The van der Waals surface area contributed by atoms with Gasteiger partial charge in [-0.15, -0.1) is 0 Å². The molecule has 1 N–H and O–H groups in total. The molecule has 0 atom stereocenters. The molecule has 7 nitrogen and oxygen atoms in total. The number of nitrogens with zero attached hydrogens (tertiary/aromatic N) is 3. The Morgan fingerprint density at radius 3 is 2.55 bits per heavy atom. The first kappa shape index (κ1) is 15.8.